The van der Waals surface area contributed by atoms with Gasteiger partial charge in [-0.2, -0.15) is 0 Å². The van der Waals surface area contributed by atoms with Crippen molar-refractivity contribution in [1.29, 1.82) is 0 Å². The van der Waals surface area contributed by atoms with Crippen molar-refractivity contribution in [3.05, 3.63) is 62.1 Å². The zero-order chi connectivity index (χ0) is 18.3. The predicted octanol–water partition coefficient (Wildman–Crippen LogP) is 4.52. The molecule has 0 bridgehead atoms. The summed E-state index contributed by atoms with van der Waals surface area (Å²) in [4.78, 5) is 25.8. The second kappa shape index (κ2) is 6.72. The van der Waals surface area contributed by atoms with E-state index in [9.17, 15) is 14.9 Å². The number of benzene rings is 2. The Hall–Kier alpha value is -2.41. The largest absolute Gasteiger partial charge is 0.377 e. The van der Waals surface area contributed by atoms with Crippen LogP contribution in [0.15, 0.2) is 40.9 Å². The number of halogens is 1. The molecular weight excluding hydrogens is 398 g/mol. The fraction of sp³-hybridized carbons (Fsp3) is 0.316. The first-order valence-corrected chi connectivity index (χ1v) is 9.47. The van der Waals surface area contributed by atoms with Gasteiger partial charge in [0, 0.05) is 34.4 Å². The normalized spacial score (nSPS) is 16.1. The van der Waals surface area contributed by atoms with Crippen molar-refractivity contribution < 1.29 is 9.72 Å². The summed E-state index contributed by atoms with van der Waals surface area (Å²) < 4.78 is 0.983. The first-order chi connectivity index (χ1) is 12.5. The number of nitro benzene ring substituents is 1. The predicted molar refractivity (Wildman–Crippen MR) is 104 cm³/mol. The zero-order valence-corrected chi connectivity index (χ0v) is 15.7. The lowest BCUT2D eigenvalue weighted by Gasteiger charge is -2.29. The van der Waals surface area contributed by atoms with E-state index in [1.807, 2.05) is 18.2 Å². The molecule has 6 nitrogen and oxygen atoms in total. The maximum atomic E-state index is 13.0. The lowest BCUT2D eigenvalue weighted by Crippen LogP contribution is -2.35. The molecule has 134 valence electrons. The zero-order valence-electron chi connectivity index (χ0n) is 14.1. The van der Waals surface area contributed by atoms with Gasteiger partial charge in [0.1, 0.15) is 5.69 Å². The van der Waals surface area contributed by atoms with Crippen LogP contribution in [0.4, 0.5) is 17.1 Å². The van der Waals surface area contributed by atoms with Crippen molar-refractivity contribution in [1.82, 2.24) is 0 Å². The highest BCUT2D eigenvalue weighted by molar-refractivity contribution is 9.10. The minimum Gasteiger partial charge on any atom is -0.377 e. The number of carbonyl (C=O) groups excluding carboxylic acids is 1. The van der Waals surface area contributed by atoms with Gasteiger partial charge in [-0.05, 0) is 61.6 Å². The number of amides is 1. The number of nitro groups is 1. The molecule has 2 aromatic carbocycles. The van der Waals surface area contributed by atoms with E-state index < -0.39 is 4.92 Å². The van der Waals surface area contributed by atoms with E-state index in [1.165, 1.54) is 6.07 Å². The topological polar surface area (TPSA) is 75.5 Å². The van der Waals surface area contributed by atoms with Gasteiger partial charge >= 0.3 is 0 Å². The van der Waals surface area contributed by atoms with Gasteiger partial charge in [-0.15, -0.1) is 0 Å². The molecule has 1 heterocycles. The fourth-order valence-corrected chi connectivity index (χ4v) is 3.73. The van der Waals surface area contributed by atoms with Crippen LogP contribution in [0.5, 0.6) is 0 Å². The highest BCUT2D eigenvalue weighted by Gasteiger charge is 2.28. The Kier molecular flexibility index (Phi) is 4.40. The van der Waals surface area contributed by atoms with E-state index in [1.54, 1.807) is 17.0 Å². The molecule has 1 amide bonds. The van der Waals surface area contributed by atoms with Gasteiger partial charge in [-0.25, -0.2) is 0 Å². The smallest absolute Gasteiger partial charge is 0.293 e. The summed E-state index contributed by atoms with van der Waals surface area (Å²) in [6.45, 7) is 0.614. The molecule has 0 unspecified atom stereocenters. The van der Waals surface area contributed by atoms with Crippen molar-refractivity contribution in [3.63, 3.8) is 0 Å². The van der Waals surface area contributed by atoms with Crippen LogP contribution in [0.25, 0.3) is 0 Å². The number of nitrogens with one attached hydrogen (secondary N) is 1. The fourth-order valence-electron chi connectivity index (χ4n) is 3.32. The summed E-state index contributed by atoms with van der Waals surface area (Å²) in [6.07, 6.45) is 3.84. The Morgan fingerprint density at radius 1 is 1.23 bits per heavy atom. The number of nitrogens with zero attached hydrogens (tertiary/aromatic N) is 2. The second-order valence-electron chi connectivity index (χ2n) is 6.74. The van der Waals surface area contributed by atoms with Crippen LogP contribution in [0.1, 0.15) is 35.2 Å². The Balaban J connectivity index is 1.66. The highest BCUT2D eigenvalue weighted by atomic mass is 79.9. The molecule has 1 N–H and O–H groups in total. The average molecular weight is 416 g/mol. The molecule has 1 saturated carbocycles. The van der Waals surface area contributed by atoms with E-state index in [4.69, 9.17) is 0 Å². The van der Waals surface area contributed by atoms with Gasteiger partial charge < -0.3 is 10.2 Å². The van der Waals surface area contributed by atoms with E-state index in [2.05, 4.69) is 21.2 Å². The van der Waals surface area contributed by atoms with Crippen LogP contribution in [-0.2, 0) is 6.42 Å². The van der Waals surface area contributed by atoms with Gasteiger partial charge in [0.2, 0.25) is 0 Å². The summed E-state index contributed by atoms with van der Waals surface area (Å²) in [5.74, 6) is -0.200. The molecule has 2 aliphatic rings. The highest BCUT2D eigenvalue weighted by Crippen LogP contribution is 2.34. The van der Waals surface area contributed by atoms with Crippen LogP contribution in [0.2, 0.25) is 0 Å². The monoisotopic (exact) mass is 415 g/mol. The maximum absolute atomic E-state index is 13.0. The van der Waals surface area contributed by atoms with Gasteiger partial charge in [-0.3, -0.25) is 14.9 Å². The van der Waals surface area contributed by atoms with Gasteiger partial charge in [0.05, 0.1) is 4.92 Å². The minimum absolute atomic E-state index is 0.0456. The number of anilines is 2. The summed E-state index contributed by atoms with van der Waals surface area (Å²) in [6, 6.07) is 10.9. The van der Waals surface area contributed by atoms with Gasteiger partial charge in [0.25, 0.3) is 11.6 Å². The first-order valence-electron chi connectivity index (χ1n) is 8.68. The van der Waals surface area contributed by atoms with Crippen LogP contribution in [0.3, 0.4) is 0 Å². The third kappa shape index (κ3) is 3.31. The van der Waals surface area contributed by atoms with Crippen LogP contribution < -0.4 is 10.2 Å². The average Bonchev–Trinajstić information content (AvgIpc) is 3.44. The van der Waals surface area contributed by atoms with Crippen LogP contribution >= 0.6 is 15.9 Å². The molecule has 2 aromatic rings. The number of rotatable bonds is 4. The van der Waals surface area contributed by atoms with Crippen molar-refractivity contribution in [2.45, 2.75) is 31.7 Å². The van der Waals surface area contributed by atoms with Gasteiger partial charge in [0.15, 0.2) is 0 Å². The van der Waals surface area contributed by atoms with Crippen molar-refractivity contribution in [3.8, 4) is 0 Å². The molecule has 1 aliphatic carbocycles. The standard InChI is InChI=1S/C19H18BrN3O3/c20-14-4-8-17-12(10-14)2-1-9-22(17)19(24)13-3-7-16(21-15-5-6-15)18(11-13)23(25)26/h3-4,7-8,10-11,15,21H,1-2,5-6,9H2. The van der Waals surface area contributed by atoms with Crippen LogP contribution in [0, 0.1) is 10.1 Å². The third-order valence-corrected chi connectivity index (χ3v) is 5.28. The van der Waals surface area contributed by atoms with E-state index in [0.717, 1.165) is 41.4 Å². The molecule has 4 rings (SSSR count). The number of aryl methyl sites for hydroxylation is 1. The molecule has 1 aliphatic heterocycles. The lowest BCUT2D eigenvalue weighted by atomic mass is 10.0. The molecule has 0 saturated heterocycles. The van der Waals surface area contributed by atoms with Crippen molar-refractivity contribution >= 4 is 38.9 Å². The molecule has 7 heteroatoms. The van der Waals surface area contributed by atoms with Crippen molar-refractivity contribution in [2.75, 3.05) is 16.8 Å². The molecular formula is C19H18BrN3O3. The van der Waals surface area contributed by atoms with Crippen LogP contribution in [-0.4, -0.2) is 23.4 Å². The van der Waals surface area contributed by atoms with Gasteiger partial charge in [-0.1, -0.05) is 15.9 Å². The number of hydrogen-bond acceptors (Lipinski definition) is 4. The molecule has 0 aromatic heterocycles. The van der Waals surface area contributed by atoms with E-state index in [-0.39, 0.29) is 11.6 Å². The molecule has 0 atom stereocenters. The first kappa shape index (κ1) is 17.0. The van der Waals surface area contributed by atoms with E-state index >= 15 is 0 Å². The maximum Gasteiger partial charge on any atom is 0.293 e. The third-order valence-electron chi connectivity index (χ3n) is 4.78. The summed E-state index contributed by atoms with van der Waals surface area (Å²) in [5.41, 5.74) is 2.77. The second-order valence-corrected chi connectivity index (χ2v) is 7.66. The number of carbonyl (C=O) groups is 1. The molecule has 1 fully saturated rings. The van der Waals surface area contributed by atoms with Crippen molar-refractivity contribution in [2.24, 2.45) is 0 Å². The number of hydrogen-bond donors (Lipinski definition) is 1. The quantitative estimate of drug-likeness (QED) is 0.587. The summed E-state index contributed by atoms with van der Waals surface area (Å²) >= 11 is 3.46. The van der Waals surface area contributed by atoms with E-state index in [0.29, 0.717) is 23.8 Å². The summed E-state index contributed by atoms with van der Waals surface area (Å²) in [7, 11) is 0. The molecule has 26 heavy (non-hydrogen) atoms. The Morgan fingerprint density at radius 2 is 2.04 bits per heavy atom. The Morgan fingerprint density at radius 3 is 2.77 bits per heavy atom. The SMILES string of the molecule is O=C(c1ccc(NC2CC2)c([N+](=O)[O-])c1)N1CCCc2cc(Br)ccc21. The summed E-state index contributed by atoms with van der Waals surface area (Å²) in [5, 5.41) is 14.6. The minimum atomic E-state index is -0.428. The molecule has 0 spiro atoms. The Bertz CT molecular complexity index is 896. The number of fused-ring (bicyclic) bond motifs is 1. The lowest BCUT2D eigenvalue weighted by molar-refractivity contribution is -0.384. The Labute approximate surface area is 159 Å². The molecule has 0 radical (unpaired) electrons.